The van der Waals surface area contributed by atoms with Gasteiger partial charge in [-0.05, 0) is 40.9 Å². The molecule has 0 aliphatic rings. The van der Waals surface area contributed by atoms with Crippen molar-refractivity contribution in [1.82, 2.24) is 14.1 Å². The number of imidazole rings is 1. The molecule has 0 aliphatic carbocycles. The number of benzene rings is 2. The van der Waals surface area contributed by atoms with E-state index in [-0.39, 0.29) is 52.7 Å². The zero-order valence-electron chi connectivity index (χ0n) is 19.0. The number of ether oxygens (including phenoxy) is 1. The van der Waals surface area contributed by atoms with E-state index in [1.807, 2.05) is 0 Å². The first-order valence-electron chi connectivity index (χ1n) is 10.3. The van der Waals surface area contributed by atoms with Gasteiger partial charge in [0.1, 0.15) is 5.69 Å². The van der Waals surface area contributed by atoms with E-state index in [0.29, 0.717) is 15.6 Å². The van der Waals surface area contributed by atoms with Crippen molar-refractivity contribution in [1.29, 1.82) is 0 Å². The summed E-state index contributed by atoms with van der Waals surface area (Å²) >= 11 is 3.41. The molecule has 2 aromatic heterocycles. The molecule has 9 nitrogen and oxygen atoms in total. The van der Waals surface area contributed by atoms with Crippen LogP contribution in [0.15, 0.2) is 53.5 Å². The first-order chi connectivity index (χ1) is 16.1. The minimum atomic E-state index is -4.73. The Bertz CT molecular complexity index is 1500. The Balaban J connectivity index is 0.00000342. The predicted molar refractivity (Wildman–Crippen MR) is 137 cm³/mol. The summed E-state index contributed by atoms with van der Waals surface area (Å²) < 4.78 is 44.6. The number of fused-ring (bicyclic) bond motifs is 1. The van der Waals surface area contributed by atoms with Crippen molar-refractivity contribution < 1.29 is 27.6 Å². The molecule has 2 N–H and O–H groups in total. The van der Waals surface area contributed by atoms with Gasteiger partial charge in [0.05, 0.1) is 34.2 Å². The lowest BCUT2D eigenvalue weighted by molar-refractivity contribution is 0.0527. The predicted octanol–water partition coefficient (Wildman–Crippen LogP) is 4.72. The van der Waals surface area contributed by atoms with Gasteiger partial charge < -0.3 is 19.0 Å². The Morgan fingerprint density at radius 3 is 2.46 bits per heavy atom. The lowest BCUT2D eigenvalue weighted by Gasteiger charge is -2.18. The number of phenolic OH excluding ortho intramolecular Hbond substituents is 1. The second-order valence-electron chi connectivity index (χ2n) is 7.68. The molecule has 0 spiro atoms. The molecule has 0 aliphatic heterocycles. The van der Waals surface area contributed by atoms with Crippen molar-refractivity contribution >= 4 is 55.3 Å². The highest BCUT2D eigenvalue weighted by atomic mass is 79.9. The van der Waals surface area contributed by atoms with E-state index in [1.165, 1.54) is 17.1 Å². The number of carbonyl (C=O) groups excluding carboxylic acids is 1. The van der Waals surface area contributed by atoms with Crippen LogP contribution in [0.5, 0.6) is 5.75 Å². The maximum Gasteiger partial charge on any atom is 0.340 e. The monoisotopic (exact) mass is 583 g/mol. The van der Waals surface area contributed by atoms with Gasteiger partial charge in [-0.1, -0.05) is 30.3 Å². The zero-order chi connectivity index (χ0) is 24.8. The third kappa shape index (κ3) is 4.44. The third-order valence-electron chi connectivity index (χ3n) is 5.68. The van der Waals surface area contributed by atoms with Crippen LogP contribution in [0.2, 0.25) is 0 Å². The molecule has 0 amide bonds. The number of phenols is 1. The number of aromatic hydroxyl groups is 1. The highest BCUT2D eigenvalue weighted by molar-refractivity contribution is 9.10. The van der Waals surface area contributed by atoms with Crippen molar-refractivity contribution in [3.63, 3.8) is 0 Å². The third-order valence-corrected chi connectivity index (χ3v) is 7.75. The quantitative estimate of drug-likeness (QED) is 0.248. The van der Waals surface area contributed by atoms with Crippen LogP contribution < -0.4 is 0 Å². The second-order valence-corrected chi connectivity index (χ2v) is 9.97. The molecule has 12 heteroatoms. The van der Waals surface area contributed by atoms with Gasteiger partial charge in [-0.15, -0.1) is 12.4 Å². The maximum atomic E-state index is 13.4. The highest BCUT2D eigenvalue weighted by Crippen LogP contribution is 2.46. The molecular weight excluding hydrogens is 562 g/mol. The standard InChI is InChI=1S/C23H22BrN3O6S.ClH/c1-4-33-23(29)16-15-18(13(2)17(24)21(28)19(15)27-11-10-25-12-27)26(3)20(16)22(34(30,31)32)14-8-6-5-7-9-14;/h5-12,22,28H,4H2,1-3H3,(H,30,31,32);1H. The summed E-state index contributed by atoms with van der Waals surface area (Å²) in [6.07, 6.45) is 4.56. The maximum absolute atomic E-state index is 13.4. The van der Waals surface area contributed by atoms with E-state index in [9.17, 15) is 22.9 Å². The SMILES string of the molecule is CCOC(=O)c1c(C(c2ccccc2)S(=O)(=O)O)n(C)c2c(C)c(Br)c(O)c(-n3ccnc3)c12.Cl. The van der Waals surface area contributed by atoms with Crippen LogP contribution in [0.25, 0.3) is 16.6 Å². The van der Waals surface area contributed by atoms with Crippen LogP contribution in [-0.2, 0) is 21.9 Å². The molecule has 0 radical (unpaired) electrons. The molecule has 0 saturated heterocycles. The van der Waals surface area contributed by atoms with Gasteiger partial charge in [0, 0.05) is 24.8 Å². The second kappa shape index (κ2) is 10.0. The fourth-order valence-electron chi connectivity index (χ4n) is 4.33. The van der Waals surface area contributed by atoms with E-state index in [2.05, 4.69) is 20.9 Å². The van der Waals surface area contributed by atoms with Crippen LogP contribution in [0.1, 0.15) is 39.4 Å². The van der Waals surface area contributed by atoms with E-state index < -0.39 is 21.3 Å². The van der Waals surface area contributed by atoms with Gasteiger partial charge in [-0.2, -0.15) is 8.42 Å². The molecule has 0 bridgehead atoms. The normalized spacial score (nSPS) is 12.4. The van der Waals surface area contributed by atoms with Crippen molar-refractivity contribution in [2.45, 2.75) is 19.1 Å². The number of aromatic nitrogens is 3. The van der Waals surface area contributed by atoms with Crippen LogP contribution >= 0.6 is 28.3 Å². The molecule has 4 rings (SSSR count). The van der Waals surface area contributed by atoms with Crippen molar-refractivity contribution in [3.8, 4) is 11.4 Å². The molecule has 4 aromatic rings. The first-order valence-corrected chi connectivity index (χ1v) is 12.6. The van der Waals surface area contributed by atoms with Gasteiger partial charge >= 0.3 is 5.97 Å². The average molecular weight is 585 g/mol. The number of halogens is 2. The summed E-state index contributed by atoms with van der Waals surface area (Å²) in [7, 11) is -3.13. The fourth-order valence-corrected chi connectivity index (χ4v) is 5.77. The lowest BCUT2D eigenvalue weighted by atomic mass is 10.0. The number of rotatable bonds is 6. The van der Waals surface area contributed by atoms with Crippen molar-refractivity contribution in [2.75, 3.05) is 6.61 Å². The van der Waals surface area contributed by atoms with Gasteiger partial charge in [-0.3, -0.25) is 4.55 Å². The van der Waals surface area contributed by atoms with Crippen molar-refractivity contribution in [2.24, 2.45) is 7.05 Å². The number of nitrogens with zero attached hydrogens (tertiary/aromatic N) is 3. The summed E-state index contributed by atoms with van der Waals surface area (Å²) in [4.78, 5) is 17.4. The molecule has 1 unspecified atom stereocenters. The number of aryl methyl sites for hydroxylation is 2. The van der Waals surface area contributed by atoms with Crippen molar-refractivity contribution in [3.05, 3.63) is 75.9 Å². The number of hydrogen-bond donors (Lipinski definition) is 2. The molecule has 1 atom stereocenters. The zero-order valence-corrected chi connectivity index (χ0v) is 22.2. The molecule has 2 aromatic carbocycles. The number of hydrogen-bond acceptors (Lipinski definition) is 6. The molecule has 2 heterocycles. The smallest absolute Gasteiger partial charge is 0.340 e. The Kier molecular flexibility index (Phi) is 7.65. The number of esters is 1. The summed E-state index contributed by atoms with van der Waals surface area (Å²) in [5.74, 6) is -0.941. The summed E-state index contributed by atoms with van der Waals surface area (Å²) in [6, 6.07) is 8.12. The van der Waals surface area contributed by atoms with Crippen LogP contribution in [-0.4, -0.2) is 44.8 Å². The first kappa shape index (κ1) is 26.7. The minimum absolute atomic E-state index is 0. The van der Waals surface area contributed by atoms with Gasteiger partial charge in [0.15, 0.2) is 11.0 Å². The summed E-state index contributed by atoms with van der Waals surface area (Å²) in [5, 5.41) is 9.77. The van der Waals surface area contributed by atoms with Gasteiger partial charge in [0.25, 0.3) is 10.1 Å². The lowest BCUT2D eigenvalue weighted by Crippen LogP contribution is -2.20. The Morgan fingerprint density at radius 2 is 1.91 bits per heavy atom. The minimum Gasteiger partial charge on any atom is -0.505 e. The van der Waals surface area contributed by atoms with E-state index in [4.69, 9.17) is 4.74 Å². The molecule has 186 valence electrons. The average Bonchev–Trinajstić information content (AvgIpc) is 3.40. The summed E-state index contributed by atoms with van der Waals surface area (Å²) in [5.41, 5.74) is 1.49. The van der Waals surface area contributed by atoms with Crippen LogP contribution in [0, 0.1) is 6.92 Å². The van der Waals surface area contributed by atoms with E-state index in [1.54, 1.807) is 62.0 Å². The highest BCUT2D eigenvalue weighted by Gasteiger charge is 2.38. The molecule has 35 heavy (non-hydrogen) atoms. The fraction of sp³-hybridized carbons (Fsp3) is 0.217. The van der Waals surface area contributed by atoms with E-state index in [0.717, 1.165) is 0 Å². The topological polar surface area (TPSA) is 124 Å². The van der Waals surface area contributed by atoms with Gasteiger partial charge in [0.2, 0.25) is 0 Å². The van der Waals surface area contributed by atoms with E-state index >= 15 is 0 Å². The van der Waals surface area contributed by atoms with Gasteiger partial charge in [-0.25, -0.2) is 9.78 Å². The Labute approximate surface area is 216 Å². The molecular formula is C23H23BrClN3O6S. The largest absolute Gasteiger partial charge is 0.505 e. The molecule has 0 saturated carbocycles. The summed E-state index contributed by atoms with van der Waals surface area (Å²) in [6.45, 7) is 3.40. The Morgan fingerprint density at radius 1 is 1.26 bits per heavy atom. The molecule has 0 fully saturated rings. The Hall–Kier alpha value is -2.86. The van der Waals surface area contributed by atoms with Crippen LogP contribution in [0.3, 0.4) is 0 Å². The van der Waals surface area contributed by atoms with Crippen LogP contribution in [0.4, 0.5) is 0 Å². The number of carbonyl (C=O) groups is 1.